The van der Waals surface area contributed by atoms with Gasteiger partial charge >= 0.3 is 11.9 Å². The van der Waals surface area contributed by atoms with Gasteiger partial charge < -0.3 is 28.6 Å². The number of hydrogen-bond donors (Lipinski definition) is 0. The van der Waals surface area contributed by atoms with Crippen molar-refractivity contribution in [1.29, 1.82) is 0 Å². The first kappa shape index (κ1) is 38.8. The molecule has 11 heteroatoms. The van der Waals surface area contributed by atoms with Gasteiger partial charge in [0, 0.05) is 18.0 Å². The molecular formula is C38H49NO10. The lowest BCUT2D eigenvalue weighted by molar-refractivity contribution is -0.165. The van der Waals surface area contributed by atoms with Crippen molar-refractivity contribution in [3.8, 4) is 17.2 Å². The van der Waals surface area contributed by atoms with Gasteiger partial charge in [-0.05, 0) is 81.3 Å². The van der Waals surface area contributed by atoms with Crippen molar-refractivity contribution >= 4 is 29.4 Å². The molecule has 0 radical (unpaired) electrons. The molecule has 0 unspecified atom stereocenters. The second kappa shape index (κ2) is 17.1. The van der Waals surface area contributed by atoms with Gasteiger partial charge in [0.1, 0.15) is 31.1 Å². The Balaban J connectivity index is 1.87. The number of aryl methyl sites for hydroxylation is 1. The summed E-state index contributed by atoms with van der Waals surface area (Å²) in [6.07, 6.45) is 2.69. The fraction of sp³-hybridized carbons (Fsp3) is 0.500. The third-order valence-electron chi connectivity index (χ3n) is 8.42. The maximum Gasteiger partial charge on any atom is 0.330 e. The van der Waals surface area contributed by atoms with E-state index in [1.165, 1.54) is 18.7 Å². The maximum atomic E-state index is 13.9. The maximum absolute atomic E-state index is 13.9. The summed E-state index contributed by atoms with van der Waals surface area (Å²) in [6, 6.07) is 11.6. The number of benzene rings is 2. The van der Waals surface area contributed by atoms with Gasteiger partial charge in [0.25, 0.3) is 5.91 Å². The van der Waals surface area contributed by atoms with Crippen LogP contribution in [-0.2, 0) is 39.9 Å². The van der Waals surface area contributed by atoms with E-state index in [1.807, 2.05) is 39.0 Å². The third kappa shape index (κ3) is 10.7. The third-order valence-corrected chi connectivity index (χ3v) is 8.42. The Morgan fingerprint density at radius 3 is 2.33 bits per heavy atom. The standard InChI is InChI=1S/C38H49NO10/c1-9-33(41)48-24-38(5,6)34(42)35(43)39-20-11-10-15-28(39)36(44)49-29(18-16-25-17-19-30(45-7)31(21-25)46-8)26-13-12-14-27(22-26)47-23-32(40)37(2,3)4/h9,12-14,17,19,21-22,28-29H,1,10-11,15-16,18,20,23-24H2,2-8H3/t28-,29+/m0/s1. The molecule has 2 aromatic carbocycles. The largest absolute Gasteiger partial charge is 0.493 e. The Bertz CT molecular complexity index is 1520. The topological polar surface area (TPSA) is 135 Å². The molecule has 1 amide bonds. The van der Waals surface area contributed by atoms with Crippen LogP contribution in [0.3, 0.4) is 0 Å². The van der Waals surface area contributed by atoms with Gasteiger partial charge in [-0.15, -0.1) is 0 Å². The summed E-state index contributed by atoms with van der Waals surface area (Å²) < 4.78 is 27.9. The van der Waals surface area contributed by atoms with E-state index in [4.69, 9.17) is 23.7 Å². The average Bonchev–Trinajstić information content (AvgIpc) is 3.09. The normalized spacial score (nSPS) is 15.4. The molecule has 0 spiro atoms. The van der Waals surface area contributed by atoms with E-state index >= 15 is 0 Å². The Hall–Kier alpha value is -4.67. The lowest BCUT2D eigenvalue weighted by Gasteiger charge is -2.36. The molecule has 1 aliphatic heterocycles. The molecule has 0 aromatic heterocycles. The zero-order chi connectivity index (χ0) is 36.4. The van der Waals surface area contributed by atoms with Crippen LogP contribution in [-0.4, -0.2) is 74.3 Å². The van der Waals surface area contributed by atoms with Crippen molar-refractivity contribution in [3.05, 3.63) is 66.2 Å². The van der Waals surface area contributed by atoms with Crippen molar-refractivity contribution < 1.29 is 47.7 Å². The van der Waals surface area contributed by atoms with Gasteiger partial charge in [0.2, 0.25) is 5.78 Å². The Morgan fingerprint density at radius 2 is 1.67 bits per heavy atom. The fourth-order valence-electron chi connectivity index (χ4n) is 5.23. The summed E-state index contributed by atoms with van der Waals surface area (Å²) in [4.78, 5) is 66.2. The molecule has 0 bridgehead atoms. The lowest BCUT2D eigenvalue weighted by Crippen LogP contribution is -2.53. The number of esters is 2. The SMILES string of the molecule is C=CC(=O)OCC(C)(C)C(=O)C(=O)N1CCCC[C@H]1C(=O)O[C@H](CCc1ccc(OC)c(OC)c1)c1cccc(OCC(=O)C(C)(C)C)c1. The van der Waals surface area contributed by atoms with Crippen molar-refractivity contribution in [1.82, 2.24) is 4.90 Å². The molecule has 2 aromatic rings. The van der Waals surface area contributed by atoms with Crippen LogP contribution >= 0.6 is 0 Å². The van der Waals surface area contributed by atoms with Crippen LogP contribution in [0.15, 0.2) is 55.1 Å². The van der Waals surface area contributed by atoms with Gasteiger partial charge in [-0.3, -0.25) is 14.4 Å². The Labute approximate surface area is 288 Å². The van der Waals surface area contributed by atoms with E-state index in [9.17, 15) is 24.0 Å². The van der Waals surface area contributed by atoms with E-state index in [0.717, 1.165) is 11.6 Å². The lowest BCUT2D eigenvalue weighted by atomic mass is 9.87. The highest BCUT2D eigenvalue weighted by Gasteiger charge is 2.42. The van der Waals surface area contributed by atoms with Crippen LogP contribution < -0.4 is 14.2 Å². The minimum Gasteiger partial charge on any atom is -0.493 e. The number of Topliss-reactive ketones (excluding diaryl/α,β-unsaturated/α-hetero) is 2. The fourth-order valence-corrected chi connectivity index (χ4v) is 5.23. The summed E-state index contributed by atoms with van der Waals surface area (Å²) in [5.41, 5.74) is -0.325. The summed E-state index contributed by atoms with van der Waals surface area (Å²) >= 11 is 0. The van der Waals surface area contributed by atoms with Gasteiger partial charge in [-0.25, -0.2) is 9.59 Å². The number of nitrogens with zero attached hydrogens (tertiary/aromatic N) is 1. The van der Waals surface area contributed by atoms with Crippen LogP contribution in [0.4, 0.5) is 0 Å². The molecule has 1 fully saturated rings. The van der Waals surface area contributed by atoms with Gasteiger partial charge in [-0.2, -0.15) is 0 Å². The highest BCUT2D eigenvalue weighted by Crippen LogP contribution is 2.32. The van der Waals surface area contributed by atoms with E-state index in [1.54, 1.807) is 38.5 Å². The van der Waals surface area contributed by atoms with E-state index in [2.05, 4.69) is 6.58 Å². The van der Waals surface area contributed by atoms with Gasteiger partial charge in [0.15, 0.2) is 17.3 Å². The number of ketones is 2. The van der Waals surface area contributed by atoms with Crippen molar-refractivity contribution in [2.45, 2.75) is 78.9 Å². The van der Waals surface area contributed by atoms with Crippen LogP contribution in [0.5, 0.6) is 17.2 Å². The van der Waals surface area contributed by atoms with Crippen LogP contribution in [0, 0.1) is 10.8 Å². The number of rotatable bonds is 16. The number of ether oxygens (including phenoxy) is 5. The average molecular weight is 680 g/mol. The van der Waals surface area contributed by atoms with Crippen molar-refractivity contribution in [3.63, 3.8) is 0 Å². The van der Waals surface area contributed by atoms with Crippen molar-refractivity contribution in [2.24, 2.45) is 10.8 Å². The molecule has 1 saturated heterocycles. The van der Waals surface area contributed by atoms with Crippen LogP contribution in [0.2, 0.25) is 0 Å². The predicted molar refractivity (Wildman–Crippen MR) is 182 cm³/mol. The minimum absolute atomic E-state index is 0.0621. The number of carbonyl (C=O) groups excluding carboxylic acids is 5. The summed E-state index contributed by atoms with van der Waals surface area (Å²) in [7, 11) is 3.11. The predicted octanol–water partition coefficient (Wildman–Crippen LogP) is 5.62. The zero-order valence-corrected chi connectivity index (χ0v) is 29.7. The zero-order valence-electron chi connectivity index (χ0n) is 29.7. The van der Waals surface area contributed by atoms with E-state index in [-0.39, 0.29) is 25.5 Å². The highest BCUT2D eigenvalue weighted by molar-refractivity contribution is 6.38. The van der Waals surface area contributed by atoms with Crippen molar-refractivity contribution in [2.75, 3.05) is 34.0 Å². The molecule has 0 saturated carbocycles. The van der Waals surface area contributed by atoms with Crippen LogP contribution in [0.25, 0.3) is 0 Å². The number of methoxy groups -OCH3 is 2. The smallest absolute Gasteiger partial charge is 0.330 e. The second-order valence-electron chi connectivity index (χ2n) is 13.7. The van der Waals surface area contributed by atoms with Gasteiger partial charge in [-0.1, -0.05) is 45.5 Å². The number of carbonyl (C=O) groups is 5. The summed E-state index contributed by atoms with van der Waals surface area (Å²) in [5.74, 6) is -1.41. The molecule has 266 valence electrons. The minimum atomic E-state index is -1.32. The van der Waals surface area contributed by atoms with Gasteiger partial charge in [0.05, 0.1) is 19.6 Å². The number of likely N-dealkylation sites (tertiary alicyclic amines) is 1. The number of hydrogen-bond acceptors (Lipinski definition) is 10. The molecule has 0 aliphatic carbocycles. The number of piperidine rings is 1. The van der Waals surface area contributed by atoms with E-state index in [0.29, 0.717) is 54.9 Å². The van der Waals surface area contributed by atoms with Crippen LogP contribution in [0.1, 0.15) is 77.5 Å². The first-order chi connectivity index (χ1) is 23.1. The number of amides is 1. The second-order valence-corrected chi connectivity index (χ2v) is 13.7. The molecule has 0 N–H and O–H groups in total. The molecule has 2 atom stereocenters. The Kier molecular flexibility index (Phi) is 13.6. The quantitative estimate of drug-likeness (QED) is 0.125. The highest BCUT2D eigenvalue weighted by atomic mass is 16.5. The first-order valence-electron chi connectivity index (χ1n) is 16.4. The monoisotopic (exact) mass is 679 g/mol. The first-order valence-corrected chi connectivity index (χ1v) is 16.4. The summed E-state index contributed by atoms with van der Waals surface area (Å²) in [5, 5.41) is 0. The summed E-state index contributed by atoms with van der Waals surface area (Å²) in [6.45, 7) is 11.6. The molecule has 1 heterocycles. The Morgan fingerprint density at radius 1 is 0.959 bits per heavy atom. The molecule has 49 heavy (non-hydrogen) atoms. The molecule has 3 rings (SSSR count). The molecule has 11 nitrogen and oxygen atoms in total. The molecule has 1 aliphatic rings. The molecular weight excluding hydrogens is 630 g/mol. The van der Waals surface area contributed by atoms with E-state index < -0.39 is 46.6 Å².